The zero-order valence-electron chi connectivity index (χ0n) is 12.2. The Morgan fingerprint density at radius 1 is 1.29 bits per heavy atom. The van der Waals surface area contributed by atoms with E-state index >= 15 is 0 Å². The number of carbonyl (C=O) groups is 1. The number of carbonyl (C=O) groups excluding carboxylic acids is 1. The maximum atomic E-state index is 13.0. The van der Waals surface area contributed by atoms with E-state index in [-0.39, 0.29) is 12.3 Å². The van der Waals surface area contributed by atoms with Crippen molar-refractivity contribution in [2.75, 3.05) is 5.32 Å². The van der Waals surface area contributed by atoms with Crippen LogP contribution in [-0.4, -0.2) is 27.0 Å². The Bertz CT molecular complexity index is 938. The van der Waals surface area contributed by atoms with Gasteiger partial charge in [-0.15, -0.1) is 0 Å². The number of halogens is 3. The predicted molar refractivity (Wildman–Crippen MR) is 91.0 cm³/mol. The smallest absolute Gasteiger partial charge is 0.231 e. The van der Waals surface area contributed by atoms with E-state index in [0.717, 1.165) is 0 Å². The molecule has 2 aromatic heterocycles. The number of nitrogens with one attached hydrogen (secondary N) is 2. The zero-order valence-corrected chi connectivity index (χ0v) is 13.7. The van der Waals surface area contributed by atoms with E-state index in [9.17, 15) is 9.18 Å². The Balaban J connectivity index is 1.76. The molecule has 4 rings (SSSR count). The summed E-state index contributed by atoms with van der Waals surface area (Å²) in [6.07, 6.45) is 0.713. The van der Waals surface area contributed by atoms with E-state index in [4.69, 9.17) is 23.2 Å². The molecular formula is C16H11Cl2FN4O. The number of H-pyrrole nitrogens is 1. The average Bonchev–Trinajstić information content (AvgIpc) is 3.11. The third kappa shape index (κ3) is 2.61. The van der Waals surface area contributed by atoms with Gasteiger partial charge in [-0.3, -0.25) is 4.79 Å². The molecule has 2 atom stereocenters. The molecule has 122 valence electrons. The van der Waals surface area contributed by atoms with E-state index in [2.05, 4.69) is 20.3 Å². The van der Waals surface area contributed by atoms with Crippen LogP contribution in [0.4, 0.5) is 10.2 Å². The van der Waals surface area contributed by atoms with Gasteiger partial charge in [0.2, 0.25) is 5.91 Å². The first-order valence-corrected chi connectivity index (χ1v) is 8.04. The van der Waals surface area contributed by atoms with E-state index in [0.29, 0.717) is 38.3 Å². The molecule has 24 heavy (non-hydrogen) atoms. The Kier molecular flexibility index (Phi) is 3.66. The summed E-state index contributed by atoms with van der Waals surface area (Å²) in [5.41, 5.74) is 1.70. The van der Waals surface area contributed by atoms with E-state index in [1.165, 1.54) is 6.20 Å². The lowest BCUT2D eigenvalue weighted by atomic mass is 10.2. The highest BCUT2D eigenvalue weighted by molar-refractivity contribution is 6.39. The van der Waals surface area contributed by atoms with Crippen molar-refractivity contribution in [3.63, 3.8) is 0 Å². The number of fused-ring (bicyclic) bond motifs is 1. The number of hydrogen-bond donors (Lipinski definition) is 2. The third-order valence-corrected chi connectivity index (χ3v) is 4.53. The van der Waals surface area contributed by atoms with Gasteiger partial charge in [0.05, 0.1) is 27.0 Å². The lowest BCUT2D eigenvalue weighted by Gasteiger charge is -2.04. The number of anilines is 1. The minimum atomic E-state index is -1.07. The predicted octanol–water partition coefficient (Wildman–Crippen LogP) is 4.23. The summed E-state index contributed by atoms with van der Waals surface area (Å²) in [6.45, 7) is 0. The van der Waals surface area contributed by atoms with Crippen LogP contribution in [0.25, 0.3) is 22.4 Å². The quantitative estimate of drug-likeness (QED) is 0.730. The molecule has 0 bridgehead atoms. The topological polar surface area (TPSA) is 70.7 Å². The number of imidazole rings is 1. The number of benzene rings is 1. The van der Waals surface area contributed by atoms with Crippen molar-refractivity contribution in [3.05, 3.63) is 40.5 Å². The first-order valence-electron chi connectivity index (χ1n) is 7.28. The summed E-state index contributed by atoms with van der Waals surface area (Å²) in [5, 5.41) is 3.56. The van der Waals surface area contributed by atoms with E-state index < -0.39 is 12.1 Å². The van der Waals surface area contributed by atoms with Gasteiger partial charge in [0.25, 0.3) is 0 Å². The molecule has 1 amide bonds. The first kappa shape index (κ1) is 15.4. The highest BCUT2D eigenvalue weighted by Crippen LogP contribution is 2.36. The maximum Gasteiger partial charge on any atom is 0.231 e. The molecule has 1 aliphatic carbocycles. The number of aromatic nitrogens is 3. The number of amides is 1. The van der Waals surface area contributed by atoms with Crippen LogP contribution in [0.1, 0.15) is 6.42 Å². The van der Waals surface area contributed by atoms with Crippen LogP contribution < -0.4 is 5.32 Å². The standard InChI is InChI=1S/C16H11Cl2FN4O/c17-8-2-1-3-9(18)12(8)14-21-11-4-5-20-15(13(11)22-14)23-16(24)7-6-10(7)19/h1-5,7,10H,6H2,(H,21,22)(H,20,23,24)/t7-,10+/m1/s1. The summed E-state index contributed by atoms with van der Waals surface area (Å²) in [5.74, 6) is -0.200. The largest absolute Gasteiger partial charge is 0.335 e. The number of alkyl halides is 1. The number of nitrogens with zero attached hydrogens (tertiary/aromatic N) is 2. The van der Waals surface area contributed by atoms with Crippen LogP contribution in [0.15, 0.2) is 30.5 Å². The average molecular weight is 365 g/mol. The summed E-state index contributed by atoms with van der Waals surface area (Å²) in [4.78, 5) is 23.6. The minimum absolute atomic E-state index is 0.255. The van der Waals surface area contributed by atoms with Crippen molar-refractivity contribution in [1.82, 2.24) is 15.0 Å². The molecule has 2 N–H and O–H groups in total. The molecule has 0 aliphatic heterocycles. The second-order valence-electron chi connectivity index (χ2n) is 5.58. The summed E-state index contributed by atoms with van der Waals surface area (Å²) >= 11 is 12.4. The van der Waals surface area contributed by atoms with Crippen molar-refractivity contribution in [1.29, 1.82) is 0 Å². The lowest BCUT2D eigenvalue weighted by molar-refractivity contribution is -0.117. The molecule has 0 spiro atoms. The molecular weight excluding hydrogens is 354 g/mol. The van der Waals surface area contributed by atoms with Crippen molar-refractivity contribution in [2.24, 2.45) is 5.92 Å². The van der Waals surface area contributed by atoms with Gasteiger partial charge in [0, 0.05) is 6.20 Å². The Labute approximate surface area is 146 Å². The second-order valence-corrected chi connectivity index (χ2v) is 6.40. The highest BCUT2D eigenvalue weighted by Gasteiger charge is 2.43. The fourth-order valence-corrected chi connectivity index (χ4v) is 3.09. The summed E-state index contributed by atoms with van der Waals surface area (Å²) < 4.78 is 13.0. The van der Waals surface area contributed by atoms with Gasteiger partial charge >= 0.3 is 0 Å². The van der Waals surface area contributed by atoms with Crippen LogP contribution in [0, 0.1) is 5.92 Å². The fourth-order valence-electron chi connectivity index (χ4n) is 2.52. The molecule has 1 aliphatic rings. The molecule has 8 heteroatoms. The molecule has 0 unspecified atom stereocenters. The maximum absolute atomic E-state index is 13.0. The molecule has 0 saturated heterocycles. The number of hydrogen-bond acceptors (Lipinski definition) is 3. The van der Waals surface area contributed by atoms with Gasteiger partial charge in [0.1, 0.15) is 17.5 Å². The monoisotopic (exact) mass is 364 g/mol. The number of rotatable bonds is 3. The van der Waals surface area contributed by atoms with Crippen LogP contribution in [0.3, 0.4) is 0 Å². The molecule has 1 fully saturated rings. The van der Waals surface area contributed by atoms with Crippen LogP contribution in [-0.2, 0) is 4.79 Å². The minimum Gasteiger partial charge on any atom is -0.335 e. The second kappa shape index (κ2) is 5.72. The van der Waals surface area contributed by atoms with Crippen LogP contribution in [0.2, 0.25) is 10.0 Å². The fraction of sp³-hybridized carbons (Fsp3) is 0.188. The molecule has 1 saturated carbocycles. The van der Waals surface area contributed by atoms with Crippen molar-refractivity contribution in [2.45, 2.75) is 12.6 Å². The van der Waals surface area contributed by atoms with Gasteiger partial charge in [-0.2, -0.15) is 0 Å². The third-order valence-electron chi connectivity index (χ3n) is 3.90. The SMILES string of the molecule is O=C(Nc1nccc2nc(-c3c(Cl)cccc3Cl)[nH]c12)[C@@H]1C[C@@H]1F. The normalized spacial score (nSPS) is 19.5. The summed E-state index contributed by atoms with van der Waals surface area (Å²) in [6, 6.07) is 6.87. The lowest BCUT2D eigenvalue weighted by Crippen LogP contribution is -2.16. The summed E-state index contributed by atoms with van der Waals surface area (Å²) in [7, 11) is 0. The Hall–Kier alpha value is -2.18. The zero-order chi connectivity index (χ0) is 16.8. The Morgan fingerprint density at radius 2 is 2.00 bits per heavy atom. The van der Waals surface area contributed by atoms with Gasteiger partial charge in [-0.1, -0.05) is 29.3 Å². The first-order chi connectivity index (χ1) is 11.5. The van der Waals surface area contributed by atoms with Crippen LogP contribution in [0.5, 0.6) is 0 Å². The number of aromatic amines is 1. The van der Waals surface area contributed by atoms with Crippen molar-refractivity contribution in [3.8, 4) is 11.4 Å². The van der Waals surface area contributed by atoms with Crippen LogP contribution >= 0.6 is 23.2 Å². The van der Waals surface area contributed by atoms with Gasteiger partial charge in [0.15, 0.2) is 5.82 Å². The highest BCUT2D eigenvalue weighted by atomic mass is 35.5. The van der Waals surface area contributed by atoms with Gasteiger partial charge in [-0.25, -0.2) is 14.4 Å². The molecule has 2 heterocycles. The Morgan fingerprint density at radius 3 is 2.67 bits per heavy atom. The molecule has 5 nitrogen and oxygen atoms in total. The van der Waals surface area contributed by atoms with Crippen molar-refractivity contribution >= 4 is 46.0 Å². The van der Waals surface area contributed by atoms with Gasteiger partial charge in [-0.05, 0) is 24.6 Å². The number of pyridine rings is 1. The molecule has 0 radical (unpaired) electrons. The van der Waals surface area contributed by atoms with E-state index in [1.54, 1.807) is 24.3 Å². The van der Waals surface area contributed by atoms with Gasteiger partial charge < -0.3 is 10.3 Å². The molecule has 1 aromatic carbocycles. The molecule has 3 aromatic rings. The van der Waals surface area contributed by atoms with Crippen molar-refractivity contribution < 1.29 is 9.18 Å². The van der Waals surface area contributed by atoms with E-state index in [1.807, 2.05) is 0 Å².